The molecule has 88 valence electrons. The number of aromatic amines is 1. The first-order valence-corrected chi connectivity index (χ1v) is 5.83. The highest BCUT2D eigenvalue weighted by Crippen LogP contribution is 2.24. The number of H-pyrrole nitrogens is 1. The smallest absolute Gasteiger partial charge is 0.270 e. The number of nitrogens with zero attached hydrogens (tertiary/aromatic N) is 1. The van der Waals surface area contributed by atoms with Crippen LogP contribution in [0.3, 0.4) is 0 Å². The van der Waals surface area contributed by atoms with Crippen molar-refractivity contribution >= 4 is 29.1 Å². The van der Waals surface area contributed by atoms with Crippen molar-refractivity contribution in [1.82, 2.24) is 9.88 Å². The molecular weight excluding hydrogens is 249 g/mol. The van der Waals surface area contributed by atoms with E-state index in [1.807, 2.05) is 6.92 Å². The molecule has 1 aromatic heterocycles. The Balaban J connectivity index is 2.14. The number of nitrogens with one attached hydrogen (secondary N) is 1. The maximum atomic E-state index is 12.0. The number of halogens is 2. The molecule has 1 aliphatic heterocycles. The topological polar surface area (TPSA) is 62.1 Å². The molecular formula is C10H13Cl2N3O. The predicted molar refractivity (Wildman–Crippen MR) is 63.9 cm³/mol. The van der Waals surface area contributed by atoms with Gasteiger partial charge in [0.2, 0.25) is 0 Å². The van der Waals surface area contributed by atoms with E-state index in [1.54, 1.807) is 11.0 Å². The summed E-state index contributed by atoms with van der Waals surface area (Å²) in [5.41, 5.74) is 6.28. The average Bonchev–Trinajstić information content (AvgIpc) is 2.72. The number of likely N-dealkylation sites (tertiary alicyclic amines) is 1. The Morgan fingerprint density at radius 2 is 2.25 bits per heavy atom. The van der Waals surface area contributed by atoms with Crippen LogP contribution < -0.4 is 5.73 Å². The van der Waals surface area contributed by atoms with Crippen LogP contribution in [0.5, 0.6) is 0 Å². The summed E-state index contributed by atoms with van der Waals surface area (Å²) in [6.07, 6.45) is 0. The van der Waals surface area contributed by atoms with E-state index in [-0.39, 0.29) is 11.9 Å². The van der Waals surface area contributed by atoms with Crippen LogP contribution in [0.2, 0.25) is 10.2 Å². The molecule has 0 saturated carbocycles. The fourth-order valence-electron chi connectivity index (χ4n) is 1.85. The van der Waals surface area contributed by atoms with Crippen LogP contribution >= 0.6 is 23.2 Å². The van der Waals surface area contributed by atoms with Gasteiger partial charge in [0.1, 0.15) is 10.8 Å². The minimum atomic E-state index is -0.103. The van der Waals surface area contributed by atoms with Crippen molar-refractivity contribution < 1.29 is 4.79 Å². The minimum absolute atomic E-state index is 0.0462. The highest BCUT2D eigenvalue weighted by Gasteiger charge is 2.31. The first-order valence-electron chi connectivity index (χ1n) is 5.08. The zero-order valence-electron chi connectivity index (χ0n) is 8.84. The summed E-state index contributed by atoms with van der Waals surface area (Å²) >= 11 is 11.5. The van der Waals surface area contributed by atoms with Crippen LogP contribution in [0.1, 0.15) is 17.4 Å². The molecule has 1 aromatic rings. The highest BCUT2D eigenvalue weighted by atomic mass is 35.5. The summed E-state index contributed by atoms with van der Waals surface area (Å²) in [5, 5.41) is 0.656. The molecule has 1 amide bonds. The van der Waals surface area contributed by atoms with Crippen LogP contribution in [0.4, 0.5) is 0 Å². The monoisotopic (exact) mass is 261 g/mol. The minimum Gasteiger partial charge on any atom is -0.340 e. The van der Waals surface area contributed by atoms with Crippen LogP contribution in [0.15, 0.2) is 6.07 Å². The number of carbonyl (C=O) groups is 1. The van der Waals surface area contributed by atoms with Gasteiger partial charge in [-0.15, -0.1) is 0 Å². The SMILES string of the molecule is CC1CN(C(=O)c2cc(Cl)c(Cl)[nH]2)CC1N. The summed E-state index contributed by atoms with van der Waals surface area (Å²) in [4.78, 5) is 16.5. The molecule has 3 N–H and O–H groups in total. The summed E-state index contributed by atoms with van der Waals surface area (Å²) in [6.45, 7) is 3.29. The van der Waals surface area contributed by atoms with Crippen LogP contribution in [-0.4, -0.2) is 34.9 Å². The van der Waals surface area contributed by atoms with Gasteiger partial charge >= 0.3 is 0 Å². The van der Waals surface area contributed by atoms with Gasteiger partial charge in [0.25, 0.3) is 5.91 Å². The Labute approximate surface area is 104 Å². The van der Waals surface area contributed by atoms with Gasteiger partial charge < -0.3 is 15.6 Å². The van der Waals surface area contributed by atoms with E-state index in [1.165, 1.54) is 0 Å². The average molecular weight is 262 g/mol. The fourth-order valence-corrected chi connectivity index (χ4v) is 2.16. The Morgan fingerprint density at radius 1 is 1.56 bits per heavy atom. The Bertz CT molecular complexity index is 389. The van der Waals surface area contributed by atoms with Crippen molar-refractivity contribution in [2.45, 2.75) is 13.0 Å². The van der Waals surface area contributed by atoms with Gasteiger partial charge in [-0.25, -0.2) is 0 Å². The lowest BCUT2D eigenvalue weighted by Crippen LogP contribution is -2.32. The molecule has 0 aromatic carbocycles. The summed E-state index contributed by atoms with van der Waals surface area (Å²) in [7, 11) is 0. The first-order chi connectivity index (χ1) is 7.49. The van der Waals surface area contributed by atoms with E-state index >= 15 is 0 Å². The first kappa shape index (κ1) is 11.8. The number of rotatable bonds is 1. The molecule has 16 heavy (non-hydrogen) atoms. The van der Waals surface area contributed by atoms with Crippen molar-refractivity contribution in [2.75, 3.05) is 13.1 Å². The second-order valence-corrected chi connectivity index (χ2v) is 4.98. The number of aromatic nitrogens is 1. The third-order valence-electron chi connectivity index (χ3n) is 2.91. The Hall–Kier alpha value is -0.710. The Morgan fingerprint density at radius 3 is 2.69 bits per heavy atom. The maximum absolute atomic E-state index is 12.0. The molecule has 0 spiro atoms. The highest BCUT2D eigenvalue weighted by molar-refractivity contribution is 6.41. The third-order valence-corrected chi connectivity index (χ3v) is 3.61. The van der Waals surface area contributed by atoms with E-state index in [4.69, 9.17) is 28.9 Å². The van der Waals surface area contributed by atoms with Gasteiger partial charge in [0.05, 0.1) is 5.02 Å². The van der Waals surface area contributed by atoms with Gasteiger partial charge in [-0.1, -0.05) is 30.1 Å². The number of amides is 1. The predicted octanol–water partition coefficient (Wildman–Crippen LogP) is 1.74. The van der Waals surface area contributed by atoms with Gasteiger partial charge in [-0.3, -0.25) is 4.79 Å². The Kier molecular flexibility index (Phi) is 3.15. The van der Waals surface area contributed by atoms with Gasteiger partial charge in [0.15, 0.2) is 0 Å². The van der Waals surface area contributed by atoms with E-state index in [0.29, 0.717) is 34.9 Å². The lowest BCUT2D eigenvalue weighted by Gasteiger charge is -2.14. The van der Waals surface area contributed by atoms with Crippen molar-refractivity contribution in [3.63, 3.8) is 0 Å². The molecule has 0 bridgehead atoms. The van der Waals surface area contributed by atoms with Gasteiger partial charge in [0, 0.05) is 19.1 Å². The van der Waals surface area contributed by atoms with Crippen LogP contribution in [-0.2, 0) is 0 Å². The molecule has 1 fully saturated rings. The summed E-state index contributed by atoms with van der Waals surface area (Å²) < 4.78 is 0. The number of hydrogen-bond donors (Lipinski definition) is 2. The maximum Gasteiger partial charge on any atom is 0.270 e. The summed E-state index contributed by atoms with van der Waals surface area (Å²) in [5.74, 6) is 0.221. The molecule has 6 heteroatoms. The van der Waals surface area contributed by atoms with Crippen molar-refractivity contribution in [3.05, 3.63) is 21.9 Å². The molecule has 0 aliphatic carbocycles. The molecule has 2 rings (SSSR count). The number of hydrogen-bond acceptors (Lipinski definition) is 2. The zero-order chi connectivity index (χ0) is 11.9. The van der Waals surface area contributed by atoms with E-state index in [0.717, 1.165) is 0 Å². The van der Waals surface area contributed by atoms with Crippen molar-refractivity contribution in [2.24, 2.45) is 11.7 Å². The van der Waals surface area contributed by atoms with E-state index < -0.39 is 0 Å². The van der Waals surface area contributed by atoms with E-state index in [9.17, 15) is 4.79 Å². The molecule has 2 unspecified atom stereocenters. The quantitative estimate of drug-likeness (QED) is 0.809. The zero-order valence-corrected chi connectivity index (χ0v) is 10.3. The lowest BCUT2D eigenvalue weighted by atomic mass is 10.1. The number of carbonyl (C=O) groups excluding carboxylic acids is 1. The molecule has 0 radical (unpaired) electrons. The molecule has 2 atom stereocenters. The largest absolute Gasteiger partial charge is 0.340 e. The van der Waals surface area contributed by atoms with Crippen molar-refractivity contribution in [1.29, 1.82) is 0 Å². The third kappa shape index (κ3) is 2.05. The molecule has 2 heterocycles. The van der Waals surface area contributed by atoms with Gasteiger partial charge in [-0.2, -0.15) is 0 Å². The van der Waals surface area contributed by atoms with Crippen LogP contribution in [0.25, 0.3) is 0 Å². The number of nitrogens with two attached hydrogens (primary N) is 1. The van der Waals surface area contributed by atoms with Crippen LogP contribution in [0, 0.1) is 5.92 Å². The lowest BCUT2D eigenvalue weighted by molar-refractivity contribution is 0.0782. The van der Waals surface area contributed by atoms with Crippen molar-refractivity contribution in [3.8, 4) is 0 Å². The summed E-state index contributed by atoms with van der Waals surface area (Å²) in [6, 6.07) is 1.59. The molecule has 4 nitrogen and oxygen atoms in total. The molecule has 1 saturated heterocycles. The second kappa shape index (κ2) is 4.28. The fraction of sp³-hybridized carbons (Fsp3) is 0.500. The normalized spacial score (nSPS) is 25.1. The van der Waals surface area contributed by atoms with E-state index in [2.05, 4.69) is 4.98 Å². The molecule has 1 aliphatic rings. The standard InChI is InChI=1S/C10H13Cl2N3O/c1-5-3-15(4-7(5)13)10(16)8-2-6(11)9(12)14-8/h2,5,7,14H,3-4,13H2,1H3. The second-order valence-electron chi connectivity index (χ2n) is 4.20. The van der Waals surface area contributed by atoms with Gasteiger partial charge in [-0.05, 0) is 12.0 Å².